The molecule has 8 nitrogen and oxygen atoms in total. The molecule has 2 aromatic heterocycles. The number of amides is 1. The van der Waals surface area contributed by atoms with E-state index in [4.69, 9.17) is 15.2 Å². The van der Waals surface area contributed by atoms with Crippen molar-refractivity contribution >= 4 is 28.3 Å². The van der Waals surface area contributed by atoms with Gasteiger partial charge < -0.3 is 25.1 Å². The summed E-state index contributed by atoms with van der Waals surface area (Å²) in [5, 5.41) is 4.74. The summed E-state index contributed by atoms with van der Waals surface area (Å²) in [4.78, 5) is 27.8. The van der Waals surface area contributed by atoms with Crippen LogP contribution in [0.4, 0.5) is 5.13 Å². The molecule has 122 valence electrons. The van der Waals surface area contributed by atoms with E-state index in [1.807, 2.05) is 4.57 Å². The van der Waals surface area contributed by atoms with Gasteiger partial charge in [-0.3, -0.25) is 4.79 Å². The molecule has 0 aliphatic carbocycles. The zero-order valence-corrected chi connectivity index (χ0v) is 13.3. The number of carbonyl (C=O) groups excluding carboxylic acids is 2. The van der Waals surface area contributed by atoms with Gasteiger partial charge in [-0.05, 0) is 6.07 Å². The summed E-state index contributed by atoms with van der Waals surface area (Å²) in [7, 11) is 1.34. The number of fused-ring (bicyclic) bond motifs is 1. The standard InChI is InChI=1S/C14H16N4O4S/c1-21-13(20)9-4-8(18-2-3-22-6-11(9)18)5-16-12(19)10-7-23-14(15)17-10/h4,7H,2-3,5-6H2,1H3,(H2,15,17)(H,16,19). The van der Waals surface area contributed by atoms with Gasteiger partial charge in [-0.1, -0.05) is 0 Å². The number of rotatable bonds is 4. The number of anilines is 1. The van der Waals surface area contributed by atoms with Gasteiger partial charge in [0.05, 0.1) is 38.1 Å². The molecule has 23 heavy (non-hydrogen) atoms. The SMILES string of the molecule is COC(=O)c1cc(CNC(=O)c2csc(N)n2)n2c1COCC2. The van der Waals surface area contributed by atoms with Gasteiger partial charge in [-0.2, -0.15) is 0 Å². The molecule has 3 heterocycles. The first-order valence-electron chi connectivity index (χ1n) is 6.96. The number of nitrogens with zero attached hydrogens (tertiary/aromatic N) is 2. The molecule has 1 amide bonds. The zero-order chi connectivity index (χ0) is 16.4. The molecular weight excluding hydrogens is 320 g/mol. The molecular formula is C14H16N4O4S. The summed E-state index contributed by atoms with van der Waals surface area (Å²) >= 11 is 1.21. The molecule has 0 saturated heterocycles. The highest BCUT2D eigenvalue weighted by molar-refractivity contribution is 7.13. The number of hydrogen-bond acceptors (Lipinski definition) is 7. The van der Waals surface area contributed by atoms with Crippen LogP contribution in [0.15, 0.2) is 11.4 Å². The van der Waals surface area contributed by atoms with E-state index in [9.17, 15) is 9.59 Å². The number of nitrogens with one attached hydrogen (secondary N) is 1. The molecule has 0 atom stereocenters. The Morgan fingerprint density at radius 1 is 1.57 bits per heavy atom. The fourth-order valence-electron chi connectivity index (χ4n) is 2.49. The second-order valence-electron chi connectivity index (χ2n) is 4.95. The highest BCUT2D eigenvalue weighted by Gasteiger charge is 2.23. The first-order valence-corrected chi connectivity index (χ1v) is 7.84. The van der Waals surface area contributed by atoms with Crippen molar-refractivity contribution in [3.05, 3.63) is 34.1 Å². The Kier molecular flexibility index (Phi) is 4.30. The highest BCUT2D eigenvalue weighted by atomic mass is 32.1. The lowest BCUT2D eigenvalue weighted by molar-refractivity contribution is 0.0574. The quantitative estimate of drug-likeness (QED) is 0.799. The topological polar surface area (TPSA) is 108 Å². The van der Waals surface area contributed by atoms with Gasteiger partial charge in [-0.25, -0.2) is 9.78 Å². The van der Waals surface area contributed by atoms with E-state index in [0.29, 0.717) is 30.5 Å². The third kappa shape index (κ3) is 3.06. The zero-order valence-electron chi connectivity index (χ0n) is 12.5. The van der Waals surface area contributed by atoms with Crippen molar-refractivity contribution in [2.45, 2.75) is 19.7 Å². The van der Waals surface area contributed by atoms with Crippen LogP contribution in [-0.2, 0) is 29.2 Å². The minimum atomic E-state index is -0.413. The molecule has 3 N–H and O–H groups in total. The number of hydrogen-bond donors (Lipinski definition) is 2. The Labute approximate surface area is 136 Å². The second-order valence-corrected chi connectivity index (χ2v) is 5.84. The predicted molar refractivity (Wildman–Crippen MR) is 83.1 cm³/mol. The summed E-state index contributed by atoms with van der Waals surface area (Å²) in [6.45, 7) is 1.81. The monoisotopic (exact) mass is 336 g/mol. The minimum absolute atomic E-state index is 0.278. The highest BCUT2D eigenvalue weighted by Crippen LogP contribution is 2.22. The number of thiazole rings is 1. The van der Waals surface area contributed by atoms with Crippen LogP contribution in [0.25, 0.3) is 0 Å². The van der Waals surface area contributed by atoms with Crippen molar-refractivity contribution in [1.29, 1.82) is 0 Å². The Bertz CT molecular complexity index is 752. The summed E-state index contributed by atoms with van der Waals surface area (Å²) in [5.74, 6) is -0.718. The maximum absolute atomic E-state index is 12.0. The molecule has 0 bridgehead atoms. The smallest absolute Gasteiger partial charge is 0.339 e. The summed E-state index contributed by atoms with van der Waals surface area (Å²) in [5.41, 5.74) is 7.87. The van der Waals surface area contributed by atoms with Crippen LogP contribution < -0.4 is 11.1 Å². The lowest BCUT2D eigenvalue weighted by Crippen LogP contribution is -2.26. The average molecular weight is 336 g/mol. The summed E-state index contributed by atoms with van der Waals surface area (Å²) in [6, 6.07) is 1.73. The fraction of sp³-hybridized carbons (Fsp3) is 0.357. The normalized spacial score (nSPS) is 13.4. The van der Waals surface area contributed by atoms with Gasteiger partial charge in [0.2, 0.25) is 0 Å². The first kappa shape index (κ1) is 15.5. The molecule has 0 aromatic carbocycles. The maximum atomic E-state index is 12.0. The van der Waals surface area contributed by atoms with E-state index in [1.165, 1.54) is 18.4 Å². The Morgan fingerprint density at radius 3 is 3.09 bits per heavy atom. The van der Waals surface area contributed by atoms with Crippen LogP contribution in [0, 0.1) is 0 Å². The van der Waals surface area contributed by atoms with Crippen LogP contribution >= 0.6 is 11.3 Å². The first-order chi connectivity index (χ1) is 11.1. The molecule has 0 saturated carbocycles. The van der Waals surface area contributed by atoms with Gasteiger partial charge in [0, 0.05) is 17.6 Å². The lowest BCUT2D eigenvalue weighted by Gasteiger charge is -2.19. The average Bonchev–Trinajstić information content (AvgIpc) is 3.16. The van der Waals surface area contributed by atoms with Crippen LogP contribution in [0.3, 0.4) is 0 Å². The van der Waals surface area contributed by atoms with E-state index in [0.717, 1.165) is 11.4 Å². The van der Waals surface area contributed by atoms with Crippen molar-refractivity contribution in [1.82, 2.24) is 14.9 Å². The Hall–Kier alpha value is -2.39. The molecule has 9 heteroatoms. The van der Waals surface area contributed by atoms with Crippen molar-refractivity contribution in [2.24, 2.45) is 0 Å². The molecule has 1 aliphatic heterocycles. The maximum Gasteiger partial charge on any atom is 0.339 e. The summed E-state index contributed by atoms with van der Waals surface area (Å²) in [6.07, 6.45) is 0. The van der Waals surface area contributed by atoms with E-state index < -0.39 is 5.97 Å². The van der Waals surface area contributed by atoms with E-state index in [-0.39, 0.29) is 18.1 Å². The summed E-state index contributed by atoms with van der Waals surface area (Å²) < 4.78 is 12.2. The Morgan fingerprint density at radius 2 is 2.39 bits per heavy atom. The number of carbonyl (C=O) groups is 2. The largest absolute Gasteiger partial charge is 0.465 e. The van der Waals surface area contributed by atoms with Gasteiger partial charge >= 0.3 is 5.97 Å². The number of nitrogens with two attached hydrogens (primary N) is 1. The third-order valence-electron chi connectivity index (χ3n) is 3.58. The number of nitrogen functional groups attached to an aromatic ring is 1. The van der Waals surface area contributed by atoms with Crippen molar-refractivity contribution in [3.63, 3.8) is 0 Å². The fourth-order valence-corrected chi connectivity index (χ4v) is 3.04. The van der Waals surface area contributed by atoms with Crippen molar-refractivity contribution < 1.29 is 19.1 Å². The number of esters is 1. The predicted octanol–water partition coefficient (Wildman–Crippen LogP) is 0.774. The molecule has 0 unspecified atom stereocenters. The molecule has 1 aliphatic rings. The van der Waals surface area contributed by atoms with E-state index >= 15 is 0 Å². The van der Waals surface area contributed by atoms with Gasteiger partial charge in [0.25, 0.3) is 5.91 Å². The molecule has 0 fully saturated rings. The number of aromatic nitrogens is 2. The van der Waals surface area contributed by atoms with E-state index in [2.05, 4.69) is 10.3 Å². The van der Waals surface area contributed by atoms with Crippen LogP contribution in [0.5, 0.6) is 0 Å². The number of ether oxygens (including phenoxy) is 2. The van der Waals surface area contributed by atoms with Crippen molar-refractivity contribution in [3.8, 4) is 0 Å². The van der Waals surface area contributed by atoms with Gasteiger partial charge in [0.1, 0.15) is 5.69 Å². The molecule has 0 radical (unpaired) electrons. The minimum Gasteiger partial charge on any atom is -0.465 e. The molecule has 2 aromatic rings. The second kappa shape index (κ2) is 6.39. The molecule has 0 spiro atoms. The lowest BCUT2D eigenvalue weighted by atomic mass is 10.2. The van der Waals surface area contributed by atoms with Crippen molar-refractivity contribution in [2.75, 3.05) is 19.5 Å². The van der Waals surface area contributed by atoms with Crippen LogP contribution in [0.2, 0.25) is 0 Å². The van der Waals surface area contributed by atoms with E-state index in [1.54, 1.807) is 11.4 Å². The number of methoxy groups -OCH3 is 1. The van der Waals surface area contributed by atoms with Crippen LogP contribution in [0.1, 0.15) is 32.2 Å². The Balaban J connectivity index is 1.78. The van der Waals surface area contributed by atoms with Gasteiger partial charge in [0.15, 0.2) is 5.13 Å². The van der Waals surface area contributed by atoms with Gasteiger partial charge in [-0.15, -0.1) is 11.3 Å². The third-order valence-corrected chi connectivity index (χ3v) is 4.26. The van der Waals surface area contributed by atoms with Crippen LogP contribution in [-0.4, -0.2) is 35.1 Å². The molecule has 3 rings (SSSR count).